The number of benzene rings is 2. The zero-order valence-corrected chi connectivity index (χ0v) is 16.2. The van der Waals surface area contributed by atoms with Gasteiger partial charge in [-0.1, -0.05) is 30.3 Å². The van der Waals surface area contributed by atoms with Crippen molar-refractivity contribution in [3.63, 3.8) is 0 Å². The molecule has 27 heavy (non-hydrogen) atoms. The Labute approximate surface area is 157 Å². The largest absolute Gasteiger partial charge is 0.338 e. The number of aryl methyl sites for hydroxylation is 1. The lowest BCUT2D eigenvalue weighted by Gasteiger charge is -2.12. The highest BCUT2D eigenvalue weighted by molar-refractivity contribution is 7.91. The average Bonchev–Trinajstić information content (AvgIpc) is 2.97. The van der Waals surface area contributed by atoms with Crippen molar-refractivity contribution >= 4 is 43.1 Å². The molecular weight excluding hydrogens is 360 g/mol. The number of rotatable bonds is 4. The van der Waals surface area contributed by atoms with Crippen LogP contribution < -0.4 is 5.32 Å². The Hall–Kier alpha value is -2.93. The smallest absolute Gasteiger partial charge is 0.198 e. The van der Waals surface area contributed by atoms with E-state index in [2.05, 4.69) is 15.4 Å². The first-order chi connectivity index (χ1) is 12.9. The predicted molar refractivity (Wildman–Crippen MR) is 108 cm³/mol. The second-order valence-electron chi connectivity index (χ2n) is 6.73. The van der Waals surface area contributed by atoms with Gasteiger partial charge in [0.25, 0.3) is 0 Å². The van der Waals surface area contributed by atoms with Gasteiger partial charge in [-0.2, -0.15) is 5.10 Å². The third-order valence-electron chi connectivity index (χ3n) is 4.62. The number of hydrogen-bond donors (Lipinski definition) is 1. The van der Waals surface area contributed by atoms with E-state index in [0.29, 0.717) is 17.0 Å². The maximum Gasteiger partial charge on any atom is 0.198 e. The molecular formula is C20H20N4O2S. The van der Waals surface area contributed by atoms with E-state index in [4.69, 9.17) is 0 Å². The van der Waals surface area contributed by atoms with Crippen LogP contribution in [-0.2, 0) is 16.9 Å². The second kappa shape index (κ2) is 6.35. The number of hydrogen-bond acceptors (Lipinski definition) is 5. The lowest BCUT2D eigenvalue weighted by Crippen LogP contribution is -2.16. The van der Waals surface area contributed by atoms with Crippen LogP contribution in [0.2, 0.25) is 0 Å². The van der Waals surface area contributed by atoms with Crippen LogP contribution in [0, 0.1) is 0 Å². The average molecular weight is 380 g/mol. The summed E-state index contributed by atoms with van der Waals surface area (Å²) in [6.07, 6.45) is 0. The minimum atomic E-state index is -3.50. The molecule has 4 rings (SSSR count). The van der Waals surface area contributed by atoms with Gasteiger partial charge in [0.1, 0.15) is 0 Å². The number of sulfone groups is 1. The van der Waals surface area contributed by atoms with Gasteiger partial charge in [0.15, 0.2) is 20.7 Å². The molecule has 0 fully saturated rings. The molecule has 0 saturated carbocycles. The van der Waals surface area contributed by atoms with Crippen molar-refractivity contribution in [2.75, 3.05) is 5.32 Å². The number of nitrogens with zero attached hydrogens (tertiary/aromatic N) is 3. The summed E-state index contributed by atoms with van der Waals surface area (Å²) in [6.45, 7) is 3.32. The normalized spacial score (nSPS) is 12.1. The number of fused-ring (bicyclic) bond motifs is 2. The molecule has 0 spiro atoms. The van der Waals surface area contributed by atoms with Gasteiger partial charge in [0, 0.05) is 17.8 Å². The molecule has 0 unspecified atom stereocenters. The van der Waals surface area contributed by atoms with Crippen molar-refractivity contribution in [1.29, 1.82) is 0 Å². The van der Waals surface area contributed by atoms with Crippen molar-refractivity contribution in [2.45, 2.75) is 24.1 Å². The molecule has 7 heteroatoms. The molecule has 0 saturated heterocycles. The number of pyridine rings is 1. The maximum atomic E-state index is 12.7. The molecule has 0 atom stereocenters. The van der Waals surface area contributed by atoms with E-state index in [0.717, 1.165) is 16.3 Å². The van der Waals surface area contributed by atoms with E-state index in [1.807, 2.05) is 55.6 Å². The molecule has 0 aliphatic carbocycles. The number of para-hydroxylation sites is 2. The van der Waals surface area contributed by atoms with Crippen molar-refractivity contribution in [3.8, 4) is 0 Å². The van der Waals surface area contributed by atoms with Gasteiger partial charge in [0.05, 0.1) is 22.0 Å². The van der Waals surface area contributed by atoms with E-state index >= 15 is 0 Å². The molecule has 0 radical (unpaired) electrons. The Bertz CT molecular complexity index is 1260. The highest BCUT2D eigenvalue weighted by Gasteiger charge is 2.23. The summed E-state index contributed by atoms with van der Waals surface area (Å²) in [5.74, 6) is 0.678. The molecule has 1 N–H and O–H groups in total. The monoisotopic (exact) mass is 380 g/mol. The van der Waals surface area contributed by atoms with Crippen LogP contribution in [0.1, 0.15) is 13.8 Å². The highest BCUT2D eigenvalue weighted by Crippen LogP contribution is 2.31. The molecule has 0 amide bonds. The van der Waals surface area contributed by atoms with Gasteiger partial charge in [-0.15, -0.1) is 0 Å². The Morgan fingerprint density at radius 1 is 1.00 bits per heavy atom. The summed E-state index contributed by atoms with van der Waals surface area (Å²) < 4.78 is 27.2. The maximum absolute atomic E-state index is 12.7. The lowest BCUT2D eigenvalue weighted by atomic mass is 10.2. The quantitative estimate of drug-likeness (QED) is 0.578. The van der Waals surface area contributed by atoms with Gasteiger partial charge in [0.2, 0.25) is 0 Å². The second-order valence-corrected chi connectivity index (χ2v) is 9.18. The molecule has 2 aromatic heterocycles. The number of nitrogens with one attached hydrogen (secondary N) is 1. The predicted octanol–water partition coefficient (Wildman–Crippen LogP) is 4.05. The van der Waals surface area contributed by atoms with Crippen LogP contribution in [0.25, 0.3) is 21.8 Å². The van der Waals surface area contributed by atoms with Crippen LogP contribution in [0.4, 0.5) is 11.5 Å². The summed E-state index contributed by atoms with van der Waals surface area (Å²) in [6, 6.07) is 17.0. The van der Waals surface area contributed by atoms with Crippen molar-refractivity contribution in [2.24, 2.45) is 7.05 Å². The third kappa shape index (κ3) is 2.94. The van der Waals surface area contributed by atoms with E-state index in [9.17, 15) is 8.42 Å². The molecule has 2 aromatic carbocycles. The van der Waals surface area contributed by atoms with Gasteiger partial charge in [-0.25, -0.2) is 13.4 Å². The van der Waals surface area contributed by atoms with Crippen LogP contribution in [-0.4, -0.2) is 28.4 Å². The zero-order chi connectivity index (χ0) is 19.2. The third-order valence-corrected chi connectivity index (χ3v) is 6.65. The molecule has 6 nitrogen and oxygen atoms in total. The van der Waals surface area contributed by atoms with Crippen molar-refractivity contribution in [3.05, 3.63) is 54.6 Å². The first-order valence-corrected chi connectivity index (χ1v) is 10.2. The summed E-state index contributed by atoms with van der Waals surface area (Å²) in [5, 5.41) is 9.21. The molecule has 0 bridgehead atoms. The topological polar surface area (TPSA) is 76.9 Å². The first-order valence-electron chi connectivity index (χ1n) is 8.70. The molecule has 4 aromatic rings. The van der Waals surface area contributed by atoms with Crippen molar-refractivity contribution < 1.29 is 8.42 Å². The highest BCUT2D eigenvalue weighted by atomic mass is 32.2. The number of aromatic nitrogens is 3. The van der Waals surface area contributed by atoms with Gasteiger partial charge in [-0.3, -0.25) is 4.68 Å². The van der Waals surface area contributed by atoms with Crippen LogP contribution in [0.3, 0.4) is 0 Å². The Morgan fingerprint density at radius 2 is 1.67 bits per heavy atom. The minimum absolute atomic E-state index is 0.0685. The summed E-state index contributed by atoms with van der Waals surface area (Å²) in [5.41, 5.74) is 2.29. The fourth-order valence-electron chi connectivity index (χ4n) is 3.08. The zero-order valence-electron chi connectivity index (χ0n) is 15.3. The summed E-state index contributed by atoms with van der Waals surface area (Å²) in [4.78, 5) is 4.38. The van der Waals surface area contributed by atoms with Crippen molar-refractivity contribution in [1.82, 2.24) is 14.8 Å². The summed E-state index contributed by atoms with van der Waals surface area (Å²) >= 11 is 0. The Balaban J connectivity index is 1.92. The van der Waals surface area contributed by atoms with E-state index in [1.165, 1.54) is 0 Å². The fourth-order valence-corrected chi connectivity index (χ4v) is 4.07. The molecule has 0 aliphatic rings. The lowest BCUT2D eigenvalue weighted by molar-refractivity contribution is 0.584. The van der Waals surface area contributed by atoms with E-state index in [1.54, 1.807) is 24.6 Å². The molecule has 2 heterocycles. The fraction of sp³-hybridized carbons (Fsp3) is 0.200. The van der Waals surface area contributed by atoms with E-state index in [-0.39, 0.29) is 5.03 Å². The van der Waals surface area contributed by atoms with Gasteiger partial charge < -0.3 is 5.32 Å². The minimum Gasteiger partial charge on any atom is -0.338 e. The van der Waals surface area contributed by atoms with Crippen LogP contribution in [0.15, 0.2) is 59.6 Å². The summed E-state index contributed by atoms with van der Waals surface area (Å²) in [7, 11) is -1.62. The standard InChI is InChI=1S/C20H20N4O2S/c1-13(2)27(25,26)19-12-17(14-8-4-6-10-16(14)21-19)22-20-15-9-5-7-11-18(15)24(3)23-20/h4-13H,1-3H3,(H,21,22,23). The van der Waals surface area contributed by atoms with Crippen LogP contribution >= 0.6 is 0 Å². The van der Waals surface area contributed by atoms with Gasteiger partial charge >= 0.3 is 0 Å². The first kappa shape index (κ1) is 17.5. The Morgan fingerprint density at radius 3 is 2.41 bits per heavy atom. The van der Waals surface area contributed by atoms with E-state index < -0.39 is 15.1 Å². The Kier molecular flexibility index (Phi) is 4.11. The van der Waals surface area contributed by atoms with Crippen LogP contribution in [0.5, 0.6) is 0 Å². The SMILES string of the molecule is CC(C)S(=O)(=O)c1cc(Nc2nn(C)c3ccccc23)c2ccccc2n1. The van der Waals surface area contributed by atoms with Gasteiger partial charge in [-0.05, 0) is 38.1 Å². The number of anilines is 2. The molecule has 0 aliphatic heterocycles. The molecule has 138 valence electrons.